The first-order valence-corrected chi connectivity index (χ1v) is 15.2. The first kappa shape index (κ1) is 36.3. The minimum atomic E-state index is -1.78. The zero-order valence-corrected chi connectivity index (χ0v) is 27.0. The molecule has 0 saturated carbocycles. The van der Waals surface area contributed by atoms with Gasteiger partial charge in [0.15, 0.2) is 24.5 Å². The Hall–Kier alpha value is -5.51. The summed E-state index contributed by atoms with van der Waals surface area (Å²) < 4.78 is 32.1. The molecular weight excluding hydrogens is 648 g/mol. The molecule has 1 heterocycles. The lowest BCUT2D eigenvalue weighted by Crippen LogP contribution is -2.66. The van der Waals surface area contributed by atoms with Crippen LogP contribution in [0.3, 0.4) is 0 Å². The number of esters is 4. The molecule has 2 aromatic carbocycles. The molecule has 262 valence electrons. The first-order chi connectivity index (χ1) is 23.2. The van der Waals surface area contributed by atoms with Gasteiger partial charge >= 0.3 is 35.9 Å². The fraction of sp³-hybridized carbons (Fsp3) is 0.424. The summed E-state index contributed by atoms with van der Waals surface area (Å²) in [5, 5.41) is 14.3. The second kappa shape index (κ2) is 16.1. The molecule has 6 atom stereocenters. The van der Waals surface area contributed by atoms with E-state index in [-0.39, 0.29) is 12.5 Å². The van der Waals surface area contributed by atoms with Gasteiger partial charge in [-0.3, -0.25) is 24.0 Å². The number of benzene rings is 2. The third-order valence-electron chi connectivity index (χ3n) is 7.62. The van der Waals surface area contributed by atoms with E-state index in [1.807, 2.05) is 48.5 Å². The smallest absolute Gasteiger partial charge is 0.407 e. The van der Waals surface area contributed by atoms with Crippen molar-refractivity contribution >= 4 is 41.8 Å². The van der Waals surface area contributed by atoms with Gasteiger partial charge in [-0.2, -0.15) is 0 Å². The zero-order valence-electron chi connectivity index (χ0n) is 27.0. The Morgan fingerprint density at radius 1 is 0.714 bits per heavy atom. The Labute approximate surface area is 280 Å². The van der Waals surface area contributed by atoms with Crippen LogP contribution in [0.2, 0.25) is 0 Å². The fourth-order valence-corrected chi connectivity index (χ4v) is 5.73. The summed E-state index contributed by atoms with van der Waals surface area (Å²) in [4.78, 5) is 85.5. The SMILES string of the molecule is CC(=O)OC[C@@H]1O[C@@H](NC(=O)C[C@H](NC(=O)OCC2c3ccccc3-c3ccccc32)C(=O)O)[C@@H](OC(C)=O)[C@@H](OC(C)=O)[C@@H]1OC(C)=O. The average Bonchev–Trinajstić information content (AvgIpc) is 3.34. The highest BCUT2D eigenvalue weighted by molar-refractivity contribution is 5.87. The predicted octanol–water partition coefficient (Wildman–Crippen LogP) is 1.57. The number of aliphatic carboxylic acids is 1. The van der Waals surface area contributed by atoms with E-state index in [9.17, 15) is 38.7 Å². The molecule has 1 saturated heterocycles. The van der Waals surface area contributed by atoms with Crippen LogP contribution >= 0.6 is 0 Å². The maximum atomic E-state index is 13.2. The number of carbonyl (C=O) groups excluding carboxylic acids is 6. The van der Waals surface area contributed by atoms with Gasteiger partial charge in [0.25, 0.3) is 0 Å². The summed E-state index contributed by atoms with van der Waals surface area (Å²) in [6.07, 6.45) is -9.53. The summed E-state index contributed by atoms with van der Waals surface area (Å²) in [6, 6.07) is 13.5. The normalized spacial score (nSPS) is 21.5. The Morgan fingerprint density at radius 3 is 1.78 bits per heavy atom. The number of rotatable bonds is 12. The van der Waals surface area contributed by atoms with E-state index < -0.39 is 91.6 Å². The predicted molar refractivity (Wildman–Crippen MR) is 164 cm³/mol. The van der Waals surface area contributed by atoms with E-state index in [0.29, 0.717) is 0 Å². The van der Waals surface area contributed by atoms with Crippen LogP contribution in [0.5, 0.6) is 0 Å². The molecule has 2 aliphatic rings. The molecule has 1 fully saturated rings. The molecule has 0 unspecified atom stereocenters. The molecule has 3 N–H and O–H groups in total. The minimum Gasteiger partial charge on any atom is -0.480 e. The second-order valence-electron chi connectivity index (χ2n) is 11.3. The standard InChI is InChI=1S/C33H36N2O14/c1-16(36)44-15-26-28(46-17(2)37)29(47-18(3)38)30(48-19(4)39)31(49-26)35-27(40)13-25(32(41)42)34-33(43)45-14-24-22-11-7-5-9-20(22)21-10-6-8-12-23(21)24/h5-12,24-26,28-31H,13-15H2,1-4H3,(H,34,43)(H,35,40)(H,41,42)/t25-,26-,28+,29-,30-,31+/m0/s1. The molecule has 0 aromatic heterocycles. The lowest BCUT2D eigenvalue weighted by molar-refractivity contribution is -0.257. The molecule has 0 radical (unpaired) electrons. The monoisotopic (exact) mass is 684 g/mol. The molecule has 2 amide bonds. The van der Waals surface area contributed by atoms with Crippen LogP contribution in [0, 0.1) is 0 Å². The van der Waals surface area contributed by atoms with Gasteiger partial charge in [0.2, 0.25) is 5.91 Å². The average molecular weight is 685 g/mol. The van der Waals surface area contributed by atoms with E-state index >= 15 is 0 Å². The van der Waals surface area contributed by atoms with Crippen molar-refractivity contribution in [2.45, 2.75) is 76.7 Å². The van der Waals surface area contributed by atoms with Crippen molar-refractivity contribution < 1.29 is 67.1 Å². The quantitative estimate of drug-likeness (QED) is 0.214. The number of carbonyl (C=O) groups is 7. The van der Waals surface area contributed by atoms with Gasteiger partial charge in [-0.05, 0) is 22.3 Å². The maximum Gasteiger partial charge on any atom is 0.407 e. The van der Waals surface area contributed by atoms with Crippen molar-refractivity contribution in [3.8, 4) is 11.1 Å². The molecule has 0 spiro atoms. The highest BCUT2D eigenvalue weighted by Crippen LogP contribution is 2.44. The number of carboxylic acids is 1. The molecule has 1 aliphatic carbocycles. The molecular formula is C33H36N2O14. The van der Waals surface area contributed by atoms with Gasteiger partial charge in [-0.15, -0.1) is 0 Å². The Morgan fingerprint density at radius 2 is 1.24 bits per heavy atom. The van der Waals surface area contributed by atoms with Gasteiger partial charge in [0, 0.05) is 33.6 Å². The Bertz CT molecular complexity index is 1560. The van der Waals surface area contributed by atoms with Crippen LogP contribution in [0.15, 0.2) is 48.5 Å². The van der Waals surface area contributed by atoms with Crippen LogP contribution < -0.4 is 10.6 Å². The van der Waals surface area contributed by atoms with Crippen molar-refractivity contribution in [1.82, 2.24) is 10.6 Å². The van der Waals surface area contributed by atoms with E-state index in [1.165, 1.54) is 0 Å². The van der Waals surface area contributed by atoms with Gasteiger partial charge in [0.05, 0.1) is 6.42 Å². The van der Waals surface area contributed by atoms with Crippen molar-refractivity contribution in [2.24, 2.45) is 0 Å². The number of carboxylic acid groups (broad SMARTS) is 1. The third-order valence-corrected chi connectivity index (χ3v) is 7.62. The number of amides is 2. The summed E-state index contributed by atoms with van der Waals surface area (Å²) in [5.74, 6) is -6.22. The van der Waals surface area contributed by atoms with Gasteiger partial charge in [0.1, 0.15) is 25.4 Å². The van der Waals surface area contributed by atoms with Crippen LogP contribution in [0.25, 0.3) is 11.1 Å². The second-order valence-corrected chi connectivity index (χ2v) is 11.3. The first-order valence-electron chi connectivity index (χ1n) is 15.2. The molecule has 2 aromatic rings. The topological polar surface area (TPSA) is 219 Å². The van der Waals surface area contributed by atoms with Crippen LogP contribution in [-0.2, 0) is 57.2 Å². The third kappa shape index (κ3) is 9.31. The van der Waals surface area contributed by atoms with Crippen LogP contribution in [0.1, 0.15) is 51.2 Å². The Balaban J connectivity index is 1.46. The highest BCUT2D eigenvalue weighted by Gasteiger charge is 2.52. The minimum absolute atomic E-state index is 0.108. The number of ether oxygens (including phenoxy) is 6. The molecule has 0 bridgehead atoms. The van der Waals surface area contributed by atoms with E-state index in [0.717, 1.165) is 49.9 Å². The summed E-state index contributed by atoms with van der Waals surface area (Å²) in [5.41, 5.74) is 3.87. The van der Waals surface area contributed by atoms with Crippen molar-refractivity contribution in [2.75, 3.05) is 13.2 Å². The summed E-state index contributed by atoms with van der Waals surface area (Å²) in [6.45, 7) is 3.57. The lowest BCUT2D eigenvalue weighted by Gasteiger charge is -2.44. The van der Waals surface area contributed by atoms with Gasteiger partial charge in [-0.25, -0.2) is 9.59 Å². The van der Waals surface area contributed by atoms with Gasteiger partial charge < -0.3 is 44.2 Å². The number of hydrogen-bond acceptors (Lipinski definition) is 13. The Kier molecular flexibility index (Phi) is 11.9. The van der Waals surface area contributed by atoms with Crippen LogP contribution in [0.4, 0.5) is 4.79 Å². The van der Waals surface area contributed by atoms with Crippen LogP contribution in [-0.4, -0.2) is 96.9 Å². The number of nitrogens with one attached hydrogen (secondary N) is 2. The van der Waals surface area contributed by atoms with E-state index in [1.54, 1.807) is 0 Å². The highest BCUT2D eigenvalue weighted by atomic mass is 16.7. The fourth-order valence-electron chi connectivity index (χ4n) is 5.73. The van der Waals surface area contributed by atoms with Crippen molar-refractivity contribution in [3.63, 3.8) is 0 Å². The number of hydrogen-bond donors (Lipinski definition) is 3. The molecule has 1 aliphatic heterocycles. The molecule has 16 nitrogen and oxygen atoms in total. The van der Waals surface area contributed by atoms with E-state index in [4.69, 9.17) is 28.4 Å². The molecule has 16 heteroatoms. The van der Waals surface area contributed by atoms with E-state index in [2.05, 4.69) is 10.6 Å². The maximum absolute atomic E-state index is 13.2. The molecule has 49 heavy (non-hydrogen) atoms. The van der Waals surface area contributed by atoms with Crippen molar-refractivity contribution in [1.29, 1.82) is 0 Å². The van der Waals surface area contributed by atoms with Crippen molar-refractivity contribution in [3.05, 3.63) is 59.7 Å². The number of fused-ring (bicyclic) bond motifs is 3. The largest absolute Gasteiger partial charge is 0.480 e. The number of alkyl carbamates (subject to hydrolysis) is 1. The summed E-state index contributed by atoms with van der Waals surface area (Å²) >= 11 is 0. The summed E-state index contributed by atoms with van der Waals surface area (Å²) in [7, 11) is 0. The molecule has 4 rings (SSSR count). The lowest BCUT2D eigenvalue weighted by atomic mass is 9.97. The zero-order chi connectivity index (χ0) is 35.8. The van der Waals surface area contributed by atoms with Gasteiger partial charge in [-0.1, -0.05) is 48.5 Å².